The van der Waals surface area contributed by atoms with Crippen molar-refractivity contribution in [3.05, 3.63) is 47.5 Å². The minimum absolute atomic E-state index is 0.102. The molecule has 1 heterocycles. The van der Waals surface area contributed by atoms with Crippen LogP contribution in [-0.2, 0) is 4.74 Å². The third-order valence-corrected chi connectivity index (χ3v) is 7.76. The highest BCUT2D eigenvalue weighted by Crippen LogP contribution is 2.39. The van der Waals surface area contributed by atoms with Crippen LogP contribution in [0.25, 0.3) is 0 Å². The standard InChI is InChI=1S/C35H52N8O6/c1-35(2,3)49-34(46)41-26-10-15-42(16-11-26)13-9-17-48-29-19-24(22-44)18-27(36)31(29)40-12-7-8-14-43(23-38-4)32-28(39-5)20-25(33(37)45)21-30(32)47-6/h7-8,18-22,26,38,40H,5,9-17,23,36H2,1-4,6H3,(H2,37,45)(H,41,46)/b8-7+. The molecular weight excluding hydrogens is 628 g/mol. The van der Waals surface area contributed by atoms with Crippen molar-refractivity contribution in [3.8, 4) is 11.5 Å². The molecule has 0 atom stereocenters. The van der Waals surface area contributed by atoms with Gasteiger partial charge in [-0.05, 0) is 78.1 Å². The van der Waals surface area contributed by atoms with Crippen LogP contribution in [-0.4, -0.2) is 102 Å². The third kappa shape index (κ3) is 12.0. The number of alkyl carbamates (subject to hydrolysis) is 1. The number of benzene rings is 2. The number of nitrogens with one attached hydrogen (secondary N) is 3. The molecule has 7 N–H and O–H groups in total. The zero-order valence-electron chi connectivity index (χ0n) is 29.3. The van der Waals surface area contributed by atoms with E-state index in [0.717, 1.165) is 45.2 Å². The normalized spacial score (nSPS) is 13.9. The zero-order valence-corrected chi connectivity index (χ0v) is 29.3. The molecule has 1 fully saturated rings. The molecule has 2 amide bonds. The number of nitrogen functional groups attached to an aromatic ring is 1. The number of nitrogens with two attached hydrogens (primary N) is 2. The van der Waals surface area contributed by atoms with Crippen molar-refractivity contribution in [1.82, 2.24) is 15.5 Å². The van der Waals surface area contributed by atoms with Crippen LogP contribution in [0.3, 0.4) is 0 Å². The van der Waals surface area contributed by atoms with Crippen LogP contribution in [0.2, 0.25) is 0 Å². The number of amides is 2. The molecule has 0 spiro atoms. The molecule has 1 aliphatic heterocycles. The van der Waals surface area contributed by atoms with E-state index in [1.807, 2.05) is 44.9 Å². The molecular formula is C35H52N8O6. The first-order valence-electron chi connectivity index (χ1n) is 16.4. The maximum atomic E-state index is 12.1. The molecule has 0 radical (unpaired) electrons. The molecule has 1 aliphatic rings. The first-order valence-corrected chi connectivity index (χ1v) is 16.4. The highest BCUT2D eigenvalue weighted by Gasteiger charge is 2.24. The molecule has 2 aromatic rings. The summed E-state index contributed by atoms with van der Waals surface area (Å²) >= 11 is 0. The molecule has 3 rings (SSSR count). The van der Waals surface area contributed by atoms with E-state index >= 15 is 0 Å². The first kappa shape index (κ1) is 38.6. The molecule has 0 unspecified atom stereocenters. The largest absolute Gasteiger partial charge is 0.494 e. The summed E-state index contributed by atoms with van der Waals surface area (Å²) in [7, 11) is 3.34. The van der Waals surface area contributed by atoms with Crippen molar-refractivity contribution in [2.75, 3.05) is 76.1 Å². The number of hydrogen-bond donors (Lipinski definition) is 5. The van der Waals surface area contributed by atoms with Gasteiger partial charge < -0.3 is 51.4 Å². The van der Waals surface area contributed by atoms with E-state index < -0.39 is 11.5 Å². The lowest BCUT2D eigenvalue weighted by Crippen LogP contribution is -2.46. The van der Waals surface area contributed by atoms with Gasteiger partial charge in [0.25, 0.3) is 0 Å². The summed E-state index contributed by atoms with van der Waals surface area (Å²) in [5, 5.41) is 9.43. The minimum Gasteiger partial charge on any atom is -0.494 e. The van der Waals surface area contributed by atoms with Gasteiger partial charge in [-0.3, -0.25) is 14.6 Å². The quantitative estimate of drug-likeness (QED) is 0.0384. The summed E-state index contributed by atoms with van der Waals surface area (Å²) in [6, 6.07) is 6.57. The maximum absolute atomic E-state index is 12.1. The Morgan fingerprint density at radius 3 is 2.49 bits per heavy atom. The maximum Gasteiger partial charge on any atom is 0.407 e. The number of carbonyl (C=O) groups excluding carboxylic acids is 3. The van der Waals surface area contributed by atoms with Gasteiger partial charge >= 0.3 is 6.09 Å². The lowest BCUT2D eigenvalue weighted by atomic mass is 10.1. The number of aldehydes is 1. The van der Waals surface area contributed by atoms with Gasteiger partial charge in [-0.1, -0.05) is 12.2 Å². The van der Waals surface area contributed by atoms with Gasteiger partial charge in [-0.15, -0.1) is 0 Å². The Hall–Kier alpha value is -4.82. The molecule has 14 nitrogen and oxygen atoms in total. The van der Waals surface area contributed by atoms with Crippen molar-refractivity contribution in [2.45, 2.75) is 51.7 Å². The Balaban J connectivity index is 1.56. The van der Waals surface area contributed by atoms with Gasteiger partial charge in [-0.25, -0.2) is 4.79 Å². The fourth-order valence-electron chi connectivity index (χ4n) is 5.48. The van der Waals surface area contributed by atoms with Crippen LogP contribution in [0.1, 0.15) is 60.7 Å². The van der Waals surface area contributed by atoms with Gasteiger partial charge in [0, 0.05) is 49.9 Å². The van der Waals surface area contributed by atoms with Gasteiger partial charge in [0.1, 0.15) is 34.8 Å². The van der Waals surface area contributed by atoms with Gasteiger partial charge in [0.05, 0.1) is 31.8 Å². The zero-order chi connectivity index (χ0) is 36.0. The van der Waals surface area contributed by atoms with E-state index in [1.54, 1.807) is 24.3 Å². The Bertz CT molecular complexity index is 1470. The van der Waals surface area contributed by atoms with E-state index in [2.05, 4.69) is 32.6 Å². The van der Waals surface area contributed by atoms with Gasteiger partial charge in [-0.2, -0.15) is 0 Å². The average molecular weight is 681 g/mol. The molecule has 0 aromatic heterocycles. The van der Waals surface area contributed by atoms with E-state index in [-0.39, 0.29) is 17.7 Å². The number of aliphatic imine (C=N–C) groups is 1. The van der Waals surface area contributed by atoms with Crippen molar-refractivity contribution < 1.29 is 28.6 Å². The summed E-state index contributed by atoms with van der Waals surface area (Å²) in [5.74, 6) is 0.370. The molecule has 0 aliphatic carbocycles. The molecule has 14 heteroatoms. The summed E-state index contributed by atoms with van der Waals surface area (Å²) < 4.78 is 17.1. The van der Waals surface area contributed by atoms with Gasteiger partial charge in [0.2, 0.25) is 5.91 Å². The Morgan fingerprint density at radius 1 is 1.14 bits per heavy atom. The van der Waals surface area contributed by atoms with E-state index in [4.69, 9.17) is 25.7 Å². The fraction of sp³-hybridized carbons (Fsp3) is 0.486. The van der Waals surface area contributed by atoms with Crippen molar-refractivity contribution in [3.63, 3.8) is 0 Å². The lowest BCUT2D eigenvalue weighted by molar-refractivity contribution is 0.0478. The molecule has 0 saturated carbocycles. The highest BCUT2D eigenvalue weighted by atomic mass is 16.6. The molecule has 1 saturated heterocycles. The second-order valence-electron chi connectivity index (χ2n) is 12.7. The van der Waals surface area contributed by atoms with E-state index in [9.17, 15) is 14.4 Å². The number of rotatable bonds is 18. The summed E-state index contributed by atoms with van der Waals surface area (Å²) in [4.78, 5) is 43.9. The van der Waals surface area contributed by atoms with Crippen molar-refractivity contribution in [1.29, 1.82) is 0 Å². The van der Waals surface area contributed by atoms with Crippen LogP contribution in [0.5, 0.6) is 11.5 Å². The summed E-state index contributed by atoms with van der Waals surface area (Å²) in [6.07, 6.45) is 6.78. The number of likely N-dealkylation sites (tertiary alicyclic amines) is 1. The second kappa shape index (κ2) is 18.7. The predicted octanol–water partition coefficient (Wildman–Crippen LogP) is 3.93. The van der Waals surface area contributed by atoms with Crippen LogP contribution < -0.4 is 41.8 Å². The van der Waals surface area contributed by atoms with Gasteiger partial charge in [0.15, 0.2) is 0 Å². The number of methoxy groups -OCH3 is 1. The Kier molecular flexibility index (Phi) is 14.7. The van der Waals surface area contributed by atoms with Crippen LogP contribution in [0, 0.1) is 0 Å². The van der Waals surface area contributed by atoms with Crippen LogP contribution in [0.4, 0.5) is 27.5 Å². The molecule has 49 heavy (non-hydrogen) atoms. The lowest BCUT2D eigenvalue weighted by Gasteiger charge is -2.32. The summed E-state index contributed by atoms with van der Waals surface area (Å²) in [6.45, 7) is 13.6. The molecule has 268 valence electrons. The predicted molar refractivity (Wildman–Crippen MR) is 195 cm³/mol. The number of hydrogen-bond acceptors (Lipinski definition) is 12. The first-order chi connectivity index (χ1) is 23.4. The average Bonchev–Trinajstić information content (AvgIpc) is 3.05. The summed E-state index contributed by atoms with van der Waals surface area (Å²) in [5.41, 5.74) is 14.2. The number of ether oxygens (including phenoxy) is 3. The third-order valence-electron chi connectivity index (χ3n) is 7.76. The van der Waals surface area contributed by atoms with E-state index in [1.165, 1.54) is 7.11 Å². The fourth-order valence-corrected chi connectivity index (χ4v) is 5.48. The number of carbonyl (C=O) groups is 3. The smallest absolute Gasteiger partial charge is 0.407 e. The Labute approximate surface area is 289 Å². The number of anilines is 3. The number of piperidine rings is 1. The number of primary amides is 1. The number of nitrogens with zero attached hydrogens (tertiary/aromatic N) is 3. The van der Waals surface area contributed by atoms with Crippen molar-refractivity contribution >= 4 is 47.8 Å². The van der Waals surface area contributed by atoms with E-state index in [0.29, 0.717) is 66.2 Å². The van der Waals surface area contributed by atoms with Crippen molar-refractivity contribution in [2.24, 2.45) is 10.7 Å². The SMILES string of the molecule is C=Nc1cc(C(N)=O)cc(OC)c1N(C/C=C/CNc1c(N)cc(C=O)cc1OCCCN1CCC(NC(=O)OC(C)(C)C)CC1)CNC. The minimum atomic E-state index is -0.587. The molecule has 2 aromatic carbocycles. The monoisotopic (exact) mass is 680 g/mol. The highest BCUT2D eigenvalue weighted by molar-refractivity contribution is 5.96. The molecule has 0 bridgehead atoms. The Morgan fingerprint density at radius 2 is 1.88 bits per heavy atom. The van der Waals surface area contributed by atoms with Crippen LogP contribution >= 0.6 is 0 Å². The van der Waals surface area contributed by atoms with Crippen LogP contribution in [0.15, 0.2) is 41.4 Å². The second-order valence-corrected chi connectivity index (χ2v) is 12.7. The topological polar surface area (TPSA) is 186 Å².